The van der Waals surface area contributed by atoms with Gasteiger partial charge < -0.3 is 25.2 Å². The first-order valence-corrected chi connectivity index (χ1v) is 45.6. The predicted molar refractivity (Wildman–Crippen MR) is 443 cm³/mol. The number of esters is 1. The highest BCUT2D eigenvalue weighted by Crippen LogP contribution is 2.23. The van der Waals surface area contributed by atoms with Gasteiger partial charge in [-0.3, -0.25) is 24.4 Å². The van der Waals surface area contributed by atoms with Gasteiger partial charge in [-0.25, -0.2) is 0 Å². The first-order valence-electron chi connectivity index (χ1n) is 43.1. The fraction of sp³-hybridized carbons (Fsp3) is 0.852. The van der Waals surface area contributed by atoms with E-state index < -0.39 is 12.2 Å². The molecule has 0 bridgehead atoms. The van der Waals surface area contributed by atoms with Gasteiger partial charge in [-0.2, -0.15) is 0 Å². The second-order valence-electron chi connectivity index (χ2n) is 29.9. The molecule has 1 rings (SSSR count). The molecule has 100 heavy (non-hydrogen) atoms. The summed E-state index contributed by atoms with van der Waals surface area (Å²) in [4.78, 5) is 22.5. The molecule has 4 atom stereocenters. The number of aliphatic hydroxyl groups excluding tert-OH is 4. The lowest BCUT2D eigenvalue weighted by Crippen LogP contribution is -2.47. The van der Waals surface area contributed by atoms with Gasteiger partial charge in [0.2, 0.25) is 0 Å². The van der Waals surface area contributed by atoms with Crippen molar-refractivity contribution in [3.63, 3.8) is 0 Å². The van der Waals surface area contributed by atoms with Gasteiger partial charge in [0.25, 0.3) is 0 Å². The van der Waals surface area contributed by atoms with Crippen LogP contribution in [-0.4, -0.2) is 167 Å². The molecule has 1 heterocycles. The van der Waals surface area contributed by atoms with Crippen LogP contribution in [0, 0.1) is 0 Å². The molecule has 586 valence electrons. The molecule has 0 spiro atoms. The van der Waals surface area contributed by atoms with E-state index in [1.807, 2.05) is 21.6 Å². The minimum Gasteiger partial charge on any atom is -0.464 e. The molecule has 0 radical (unpaired) electrons. The van der Waals surface area contributed by atoms with Gasteiger partial charge >= 0.3 is 5.97 Å². The highest BCUT2D eigenvalue weighted by Gasteiger charge is 2.20. The van der Waals surface area contributed by atoms with Crippen molar-refractivity contribution in [1.82, 2.24) is 19.6 Å². The van der Waals surface area contributed by atoms with Gasteiger partial charge in [0.05, 0.1) is 24.4 Å². The number of carbonyl (C=O) groups excluding carboxylic acids is 1. The Labute approximate surface area is 628 Å². The number of allylic oxidation sites excluding steroid dienone is 12. The molecule has 1 aliphatic heterocycles. The summed E-state index contributed by atoms with van der Waals surface area (Å²) in [5.74, 6) is 2.04. The Kier molecular flexibility index (Phi) is 75.5. The maximum Gasteiger partial charge on any atom is 0.305 e. The third-order valence-electron chi connectivity index (χ3n) is 20.0. The lowest BCUT2D eigenvalue weighted by atomic mass is 10.1. The molecule has 1 fully saturated rings. The summed E-state index contributed by atoms with van der Waals surface area (Å²) in [6, 6.07) is 0. The van der Waals surface area contributed by atoms with E-state index >= 15 is 0 Å². The molecular formula is C88H166N4O6S2. The van der Waals surface area contributed by atoms with Crippen LogP contribution in [0.15, 0.2) is 72.9 Å². The summed E-state index contributed by atoms with van der Waals surface area (Å²) < 4.78 is 5.77. The van der Waals surface area contributed by atoms with Crippen LogP contribution in [0.5, 0.6) is 0 Å². The molecule has 0 aromatic rings. The first kappa shape index (κ1) is 96.3. The molecule has 4 N–H and O–H groups in total. The van der Waals surface area contributed by atoms with E-state index in [1.165, 1.54) is 193 Å². The van der Waals surface area contributed by atoms with Crippen molar-refractivity contribution in [1.29, 1.82) is 0 Å². The molecule has 0 aliphatic carbocycles. The third-order valence-corrected chi connectivity index (χ3v) is 22.4. The quantitative estimate of drug-likeness (QED) is 0.0201. The van der Waals surface area contributed by atoms with E-state index in [1.54, 1.807) is 0 Å². The number of hydrogen-bond donors (Lipinski definition) is 4. The molecule has 0 amide bonds. The molecule has 0 unspecified atom stereocenters. The summed E-state index contributed by atoms with van der Waals surface area (Å²) in [5, 5.41) is 44.8. The van der Waals surface area contributed by atoms with Crippen LogP contribution in [0.1, 0.15) is 362 Å². The zero-order valence-corrected chi connectivity index (χ0v) is 68.0. The SMILES string of the molecule is CCCCC/C=C\C/C=C\CCCCCC[C@H](O)CN(CCCSSCCN1CCN(CCOC(=O)CCCCN(C[C@H](O)CCCCCC/C=C\CCCCCCCC)C[C@H](O)CCCCCC/C=C\CCCCCCCC)CC1)C[C@@H](O)CCCCCC/C=C\C/C=C\CCCCC. The normalized spacial score (nSPS) is 15.0. The van der Waals surface area contributed by atoms with Crippen molar-refractivity contribution < 1.29 is 30.0 Å². The Morgan fingerprint density at radius 1 is 0.340 bits per heavy atom. The molecular weight excluding hydrogens is 1270 g/mol. The van der Waals surface area contributed by atoms with Crippen molar-refractivity contribution >= 4 is 27.6 Å². The standard InChI is InChI=1S/C88H166N4O6S2/c1-5-9-13-17-21-25-29-33-37-41-45-49-53-57-64-84(93)80-91(81-85(94)65-58-54-50-46-42-38-34-30-26-22-18-14-10-6-2)69-62-61-68-88(97)98-77-75-89-71-73-90(74-72-89)76-79-100-99-78-63-70-92(82-86(95)66-59-55-51-47-43-39-35-31-27-23-19-15-11-7-3)83-87(96)67-60-56-52-48-44-40-36-32-28-24-20-16-12-8-4/h23-24,27-28,33-40,84-87,93-96H,5-22,25-26,29-32,41-83H2,1-4H3/b27-23-,28-24-,37-33-,38-34-,39-35-,40-36-/t84-,85-,86+,87+/m1/s1. The van der Waals surface area contributed by atoms with E-state index in [9.17, 15) is 25.2 Å². The monoisotopic (exact) mass is 1440 g/mol. The van der Waals surface area contributed by atoms with Gasteiger partial charge in [0, 0.05) is 83.4 Å². The Morgan fingerprint density at radius 3 is 0.980 bits per heavy atom. The van der Waals surface area contributed by atoms with E-state index in [4.69, 9.17) is 4.74 Å². The van der Waals surface area contributed by atoms with Crippen molar-refractivity contribution in [3.8, 4) is 0 Å². The summed E-state index contributed by atoms with van der Waals surface area (Å²) in [5.41, 5.74) is 0. The fourth-order valence-corrected chi connectivity index (χ4v) is 15.6. The average Bonchev–Trinajstić information content (AvgIpc) is 1.79. The molecule has 0 aromatic heterocycles. The van der Waals surface area contributed by atoms with Crippen LogP contribution >= 0.6 is 21.6 Å². The second kappa shape index (κ2) is 78.4. The second-order valence-corrected chi connectivity index (χ2v) is 32.6. The predicted octanol–water partition coefficient (Wildman–Crippen LogP) is 23.3. The summed E-state index contributed by atoms with van der Waals surface area (Å²) >= 11 is 0. The molecule has 1 saturated heterocycles. The number of unbranched alkanes of at least 4 members (excludes halogenated alkanes) is 35. The largest absolute Gasteiger partial charge is 0.464 e. The Morgan fingerprint density at radius 2 is 0.620 bits per heavy atom. The van der Waals surface area contributed by atoms with E-state index in [0.717, 1.165) is 199 Å². The zero-order valence-electron chi connectivity index (χ0n) is 66.3. The Bertz CT molecular complexity index is 1760. The molecule has 12 heteroatoms. The fourth-order valence-electron chi connectivity index (χ4n) is 13.5. The average molecular weight is 1440 g/mol. The minimum atomic E-state index is -0.404. The smallest absolute Gasteiger partial charge is 0.305 e. The van der Waals surface area contributed by atoms with Crippen LogP contribution in [0.4, 0.5) is 0 Å². The topological polar surface area (TPSA) is 120 Å². The van der Waals surface area contributed by atoms with Gasteiger partial charge in [-0.15, -0.1) is 0 Å². The van der Waals surface area contributed by atoms with Crippen LogP contribution < -0.4 is 0 Å². The lowest BCUT2D eigenvalue weighted by Gasteiger charge is -2.34. The van der Waals surface area contributed by atoms with Crippen molar-refractivity contribution in [3.05, 3.63) is 72.9 Å². The number of piperazine rings is 1. The van der Waals surface area contributed by atoms with Crippen LogP contribution in [0.3, 0.4) is 0 Å². The van der Waals surface area contributed by atoms with Crippen molar-refractivity contribution in [2.24, 2.45) is 0 Å². The number of hydrogen-bond acceptors (Lipinski definition) is 12. The van der Waals surface area contributed by atoms with Crippen LogP contribution in [0.25, 0.3) is 0 Å². The number of aliphatic hydroxyl groups is 4. The summed E-state index contributed by atoms with van der Waals surface area (Å²) in [6.45, 7) is 19.6. The number of nitrogens with zero attached hydrogens (tertiary/aromatic N) is 4. The van der Waals surface area contributed by atoms with Crippen LogP contribution in [0.2, 0.25) is 0 Å². The van der Waals surface area contributed by atoms with Gasteiger partial charge in [-0.1, -0.05) is 289 Å². The molecule has 0 aromatic carbocycles. The first-order chi connectivity index (χ1) is 49.2. The number of ether oxygens (including phenoxy) is 1. The number of carbonyl (C=O) groups is 1. The molecule has 0 saturated carbocycles. The Hall–Kier alpha value is -1.71. The lowest BCUT2D eigenvalue weighted by molar-refractivity contribution is -0.144. The van der Waals surface area contributed by atoms with Crippen LogP contribution in [-0.2, 0) is 9.53 Å². The van der Waals surface area contributed by atoms with Gasteiger partial charge in [0.1, 0.15) is 6.61 Å². The van der Waals surface area contributed by atoms with Crippen molar-refractivity contribution in [2.45, 2.75) is 386 Å². The zero-order chi connectivity index (χ0) is 72.2. The molecule has 1 aliphatic rings. The van der Waals surface area contributed by atoms with E-state index in [-0.39, 0.29) is 18.2 Å². The maximum absolute atomic E-state index is 12.9. The summed E-state index contributed by atoms with van der Waals surface area (Å²) in [6.07, 6.45) is 87.0. The van der Waals surface area contributed by atoms with E-state index in [0.29, 0.717) is 39.2 Å². The highest BCUT2D eigenvalue weighted by molar-refractivity contribution is 8.76. The summed E-state index contributed by atoms with van der Waals surface area (Å²) in [7, 11) is 3.94. The third kappa shape index (κ3) is 70.6. The van der Waals surface area contributed by atoms with Gasteiger partial charge in [-0.05, 0) is 174 Å². The maximum atomic E-state index is 12.9. The highest BCUT2D eigenvalue weighted by atomic mass is 33.1. The van der Waals surface area contributed by atoms with Crippen molar-refractivity contribution in [2.75, 3.05) is 96.6 Å². The van der Waals surface area contributed by atoms with Gasteiger partial charge in [0.15, 0.2) is 0 Å². The molecule has 10 nitrogen and oxygen atoms in total. The minimum absolute atomic E-state index is 0.121. The Balaban J connectivity index is 2.46. The van der Waals surface area contributed by atoms with E-state index in [2.05, 4.69) is 120 Å². The number of rotatable bonds is 78.